The van der Waals surface area contributed by atoms with E-state index in [0.29, 0.717) is 0 Å². The van der Waals surface area contributed by atoms with Crippen LogP contribution in [0, 0.1) is 17.7 Å². The first-order chi connectivity index (χ1) is 9.49. The summed E-state index contributed by atoms with van der Waals surface area (Å²) in [4.78, 5) is 47.4. The fraction of sp³-hybridized carbons (Fsp3) is 0.286. The van der Waals surface area contributed by atoms with Crippen LogP contribution in [0.25, 0.3) is 0 Å². The molecule has 1 heterocycles. The van der Waals surface area contributed by atoms with Gasteiger partial charge in [-0.2, -0.15) is 0 Å². The maximum absolute atomic E-state index is 13.2. The molecule has 20 heavy (non-hydrogen) atoms. The molecule has 2 unspecified atom stereocenters. The lowest BCUT2D eigenvalue weighted by Crippen LogP contribution is -2.46. The molecule has 0 bridgehead atoms. The summed E-state index contributed by atoms with van der Waals surface area (Å²) in [6.07, 6.45) is 0.251. The van der Waals surface area contributed by atoms with Crippen LogP contribution in [0.5, 0.6) is 0 Å². The zero-order valence-corrected chi connectivity index (χ0v) is 10.3. The van der Waals surface area contributed by atoms with E-state index in [-0.39, 0.29) is 24.0 Å². The molecule has 1 N–H and O–H groups in total. The van der Waals surface area contributed by atoms with E-state index >= 15 is 0 Å². The highest BCUT2D eigenvalue weighted by Gasteiger charge is 2.47. The van der Waals surface area contributed by atoms with Gasteiger partial charge in [0.25, 0.3) is 0 Å². The highest BCUT2D eigenvalue weighted by Crippen LogP contribution is 2.35. The Bertz CT molecular complexity index is 667. The Morgan fingerprint density at radius 2 is 1.75 bits per heavy atom. The molecule has 0 aromatic heterocycles. The van der Waals surface area contributed by atoms with Gasteiger partial charge in [-0.05, 0) is 24.6 Å². The van der Waals surface area contributed by atoms with Gasteiger partial charge < -0.3 is 0 Å². The predicted octanol–water partition coefficient (Wildman–Crippen LogP) is 0.874. The Hall–Kier alpha value is -2.37. The van der Waals surface area contributed by atoms with Gasteiger partial charge in [0.2, 0.25) is 11.8 Å². The van der Waals surface area contributed by atoms with Crippen LogP contribution >= 0.6 is 0 Å². The molecule has 0 saturated carbocycles. The lowest BCUT2D eigenvalue weighted by atomic mass is 9.82. The largest absolute Gasteiger partial charge is 0.296 e. The first-order valence-corrected chi connectivity index (χ1v) is 6.20. The molecule has 2 aliphatic rings. The minimum atomic E-state index is -1.14. The van der Waals surface area contributed by atoms with Crippen molar-refractivity contribution >= 4 is 23.4 Å². The first kappa shape index (κ1) is 12.7. The van der Waals surface area contributed by atoms with Crippen LogP contribution < -0.4 is 5.32 Å². The molecule has 1 aliphatic carbocycles. The van der Waals surface area contributed by atoms with Crippen LogP contribution in [0.1, 0.15) is 33.6 Å². The van der Waals surface area contributed by atoms with Crippen LogP contribution in [0.4, 0.5) is 4.39 Å². The highest BCUT2D eigenvalue weighted by atomic mass is 19.1. The van der Waals surface area contributed by atoms with E-state index in [1.807, 2.05) is 0 Å². The van der Waals surface area contributed by atoms with Crippen LogP contribution in [0.15, 0.2) is 18.2 Å². The van der Waals surface area contributed by atoms with E-state index < -0.39 is 41.0 Å². The maximum Gasteiger partial charge on any atom is 0.230 e. The summed E-state index contributed by atoms with van der Waals surface area (Å²) in [5, 5.41) is 2.13. The number of halogens is 1. The summed E-state index contributed by atoms with van der Waals surface area (Å²) >= 11 is 0. The Morgan fingerprint density at radius 3 is 2.45 bits per heavy atom. The van der Waals surface area contributed by atoms with Crippen molar-refractivity contribution in [1.82, 2.24) is 5.32 Å². The van der Waals surface area contributed by atoms with Crippen LogP contribution in [0.2, 0.25) is 0 Å². The zero-order valence-electron chi connectivity index (χ0n) is 10.3. The van der Waals surface area contributed by atoms with E-state index in [4.69, 9.17) is 0 Å². The number of carbonyl (C=O) groups is 4. The van der Waals surface area contributed by atoms with Gasteiger partial charge in [-0.15, -0.1) is 0 Å². The highest BCUT2D eigenvalue weighted by molar-refractivity contribution is 6.28. The third kappa shape index (κ3) is 1.76. The molecule has 1 aromatic carbocycles. The second kappa shape index (κ2) is 4.33. The Kier molecular flexibility index (Phi) is 2.74. The van der Waals surface area contributed by atoms with Crippen LogP contribution in [-0.4, -0.2) is 23.4 Å². The minimum absolute atomic E-state index is 0.0182. The second-order valence-electron chi connectivity index (χ2n) is 4.95. The summed E-state index contributed by atoms with van der Waals surface area (Å²) in [6.45, 7) is 0. The number of imide groups is 1. The number of hydrogen-bond donors (Lipinski definition) is 1. The summed E-state index contributed by atoms with van der Waals surface area (Å²) < 4.78 is 13.2. The van der Waals surface area contributed by atoms with Gasteiger partial charge in [0.1, 0.15) is 5.82 Å². The van der Waals surface area contributed by atoms with E-state index in [0.717, 1.165) is 12.1 Å². The Balaban J connectivity index is 1.97. The van der Waals surface area contributed by atoms with E-state index in [1.165, 1.54) is 6.07 Å². The number of amides is 2. The molecule has 3 rings (SSSR count). The Labute approximate surface area is 113 Å². The molecule has 102 valence electrons. The summed E-state index contributed by atoms with van der Waals surface area (Å²) in [7, 11) is 0. The second-order valence-corrected chi connectivity index (χ2v) is 4.95. The topological polar surface area (TPSA) is 80.3 Å². The molecule has 2 amide bonds. The number of carbonyl (C=O) groups excluding carboxylic acids is 4. The van der Waals surface area contributed by atoms with Crippen molar-refractivity contribution in [2.24, 2.45) is 11.8 Å². The smallest absolute Gasteiger partial charge is 0.230 e. The average molecular weight is 275 g/mol. The SMILES string of the molecule is O=C1CCC(C2C(=O)c3ccc(F)cc3C2=O)C(=O)N1. The lowest BCUT2D eigenvalue weighted by molar-refractivity contribution is -0.137. The van der Waals surface area contributed by atoms with E-state index in [1.54, 1.807) is 0 Å². The molecule has 5 nitrogen and oxygen atoms in total. The Morgan fingerprint density at radius 1 is 1.05 bits per heavy atom. The number of nitrogens with one attached hydrogen (secondary N) is 1. The van der Waals surface area contributed by atoms with Crippen molar-refractivity contribution in [2.45, 2.75) is 12.8 Å². The van der Waals surface area contributed by atoms with Gasteiger partial charge in [0, 0.05) is 17.5 Å². The summed E-state index contributed by atoms with van der Waals surface area (Å²) in [5.41, 5.74) is 0.163. The van der Waals surface area contributed by atoms with Gasteiger partial charge in [-0.1, -0.05) is 0 Å². The molecule has 1 fully saturated rings. The number of Topliss-reactive ketones (excluding diaryl/α,β-unsaturated/α-hetero) is 2. The summed E-state index contributed by atoms with van der Waals surface area (Å²) in [5.74, 6) is -4.63. The van der Waals surface area contributed by atoms with Gasteiger partial charge in [0.05, 0.1) is 11.8 Å². The molecule has 0 spiro atoms. The molecule has 0 radical (unpaired) electrons. The molecule has 2 atom stereocenters. The van der Waals surface area contributed by atoms with Gasteiger partial charge in [0.15, 0.2) is 11.6 Å². The van der Waals surface area contributed by atoms with Crippen molar-refractivity contribution in [3.05, 3.63) is 35.1 Å². The molecular formula is C14H10FNO4. The molecule has 1 aromatic rings. The van der Waals surface area contributed by atoms with Crippen molar-refractivity contribution in [3.63, 3.8) is 0 Å². The van der Waals surface area contributed by atoms with E-state index in [9.17, 15) is 23.6 Å². The number of ketones is 2. The molecule has 1 aliphatic heterocycles. The zero-order chi connectivity index (χ0) is 14.4. The molecular weight excluding hydrogens is 265 g/mol. The monoisotopic (exact) mass is 275 g/mol. The van der Waals surface area contributed by atoms with Gasteiger partial charge >= 0.3 is 0 Å². The lowest BCUT2D eigenvalue weighted by Gasteiger charge is -2.23. The predicted molar refractivity (Wildman–Crippen MR) is 64.4 cm³/mol. The van der Waals surface area contributed by atoms with Crippen molar-refractivity contribution < 1.29 is 23.6 Å². The number of fused-ring (bicyclic) bond motifs is 1. The fourth-order valence-electron chi connectivity index (χ4n) is 2.78. The maximum atomic E-state index is 13.2. The van der Waals surface area contributed by atoms with Crippen molar-refractivity contribution in [3.8, 4) is 0 Å². The van der Waals surface area contributed by atoms with Crippen LogP contribution in [0.3, 0.4) is 0 Å². The van der Waals surface area contributed by atoms with Crippen molar-refractivity contribution in [1.29, 1.82) is 0 Å². The van der Waals surface area contributed by atoms with Gasteiger partial charge in [-0.25, -0.2) is 4.39 Å². The summed E-state index contributed by atoms with van der Waals surface area (Å²) in [6, 6.07) is 3.38. The molecule has 6 heteroatoms. The van der Waals surface area contributed by atoms with E-state index in [2.05, 4.69) is 5.32 Å². The molecule has 1 saturated heterocycles. The first-order valence-electron chi connectivity index (χ1n) is 6.20. The van der Waals surface area contributed by atoms with Crippen molar-refractivity contribution in [2.75, 3.05) is 0 Å². The standard InChI is InChI=1S/C14H10FNO4/c15-6-1-2-7-9(5-6)13(19)11(12(7)18)8-3-4-10(17)16-14(8)20/h1-2,5,8,11H,3-4H2,(H,16,17,20). The van der Waals surface area contributed by atoms with Crippen LogP contribution in [-0.2, 0) is 9.59 Å². The minimum Gasteiger partial charge on any atom is -0.296 e. The number of piperidine rings is 1. The number of benzene rings is 1. The normalized spacial score (nSPS) is 25.6. The number of rotatable bonds is 1. The third-order valence-electron chi connectivity index (χ3n) is 3.76. The fourth-order valence-corrected chi connectivity index (χ4v) is 2.78. The third-order valence-corrected chi connectivity index (χ3v) is 3.76. The quantitative estimate of drug-likeness (QED) is 0.609. The number of hydrogen-bond acceptors (Lipinski definition) is 4. The van der Waals surface area contributed by atoms with Gasteiger partial charge in [-0.3, -0.25) is 24.5 Å². The average Bonchev–Trinajstić information content (AvgIpc) is 2.63.